The van der Waals surface area contributed by atoms with E-state index in [0.717, 1.165) is 36.5 Å². The summed E-state index contributed by atoms with van der Waals surface area (Å²) >= 11 is 0. The van der Waals surface area contributed by atoms with Crippen LogP contribution in [0.5, 0.6) is 0 Å². The number of hydrogen-bond acceptors (Lipinski definition) is 4. The van der Waals surface area contributed by atoms with Crippen molar-refractivity contribution < 1.29 is 5.11 Å². The third-order valence-electron chi connectivity index (χ3n) is 3.21. The number of anilines is 1. The largest absolute Gasteiger partial charge is 0.391 e. The summed E-state index contributed by atoms with van der Waals surface area (Å²) in [5.41, 5.74) is 1.93. The lowest BCUT2D eigenvalue weighted by Gasteiger charge is -2.15. The summed E-state index contributed by atoms with van der Waals surface area (Å²) < 4.78 is 1.82. The van der Waals surface area contributed by atoms with Crippen LogP contribution in [0.15, 0.2) is 18.3 Å². The summed E-state index contributed by atoms with van der Waals surface area (Å²) in [6.07, 6.45) is 3.48. The van der Waals surface area contributed by atoms with Crippen molar-refractivity contribution in [2.45, 2.75) is 25.9 Å². The van der Waals surface area contributed by atoms with Crippen LogP contribution in [0.3, 0.4) is 0 Å². The maximum absolute atomic E-state index is 9.53. The summed E-state index contributed by atoms with van der Waals surface area (Å²) in [5, 5.41) is 14.1. The smallest absolute Gasteiger partial charge is 0.153 e. The first-order chi connectivity index (χ1) is 8.26. The van der Waals surface area contributed by atoms with E-state index in [2.05, 4.69) is 21.9 Å². The van der Waals surface area contributed by atoms with Gasteiger partial charge < -0.3 is 10.0 Å². The van der Waals surface area contributed by atoms with Gasteiger partial charge in [-0.05, 0) is 25.0 Å². The van der Waals surface area contributed by atoms with E-state index in [-0.39, 0.29) is 6.10 Å². The molecular weight excluding hydrogens is 216 g/mol. The van der Waals surface area contributed by atoms with Gasteiger partial charge in [0.15, 0.2) is 5.65 Å². The van der Waals surface area contributed by atoms with Crippen molar-refractivity contribution in [3.63, 3.8) is 0 Å². The van der Waals surface area contributed by atoms with Crippen LogP contribution in [-0.4, -0.2) is 38.9 Å². The summed E-state index contributed by atoms with van der Waals surface area (Å²) in [4.78, 5) is 6.55. The summed E-state index contributed by atoms with van der Waals surface area (Å²) in [7, 11) is 0. The number of hydrogen-bond donors (Lipinski definition) is 1. The highest BCUT2D eigenvalue weighted by Gasteiger charge is 2.21. The third-order valence-corrected chi connectivity index (χ3v) is 3.21. The number of aliphatic hydroxyl groups excluding tert-OH is 1. The van der Waals surface area contributed by atoms with Gasteiger partial charge in [0.05, 0.1) is 18.0 Å². The van der Waals surface area contributed by atoms with Crippen molar-refractivity contribution >= 4 is 11.5 Å². The fourth-order valence-corrected chi connectivity index (χ4v) is 2.21. The molecule has 0 spiro atoms. The van der Waals surface area contributed by atoms with Crippen molar-refractivity contribution in [2.24, 2.45) is 0 Å². The maximum Gasteiger partial charge on any atom is 0.153 e. The lowest BCUT2D eigenvalue weighted by molar-refractivity contribution is 0.198. The highest BCUT2D eigenvalue weighted by molar-refractivity contribution is 5.47. The Morgan fingerprint density at radius 1 is 1.47 bits per heavy atom. The number of β-amino-alcohol motifs (C(OH)–C–C–N with tert-alkyl or cyclic N) is 1. The van der Waals surface area contributed by atoms with Crippen LogP contribution in [0.25, 0.3) is 5.65 Å². The molecule has 1 aliphatic rings. The van der Waals surface area contributed by atoms with E-state index >= 15 is 0 Å². The molecule has 1 fully saturated rings. The van der Waals surface area contributed by atoms with Gasteiger partial charge in [-0.2, -0.15) is 0 Å². The monoisotopic (exact) mass is 232 g/mol. The molecule has 3 rings (SSSR count). The predicted molar refractivity (Wildman–Crippen MR) is 65.2 cm³/mol. The van der Waals surface area contributed by atoms with E-state index in [1.807, 2.05) is 22.8 Å². The molecule has 2 aromatic heterocycles. The molecular formula is C12H16N4O. The molecule has 1 unspecified atom stereocenters. The lowest BCUT2D eigenvalue weighted by atomic mass is 10.3. The Labute approximate surface area is 99.7 Å². The maximum atomic E-state index is 9.53. The molecule has 0 aromatic carbocycles. The van der Waals surface area contributed by atoms with Gasteiger partial charge in [-0.3, -0.25) is 0 Å². The quantitative estimate of drug-likeness (QED) is 0.834. The first kappa shape index (κ1) is 10.5. The molecule has 1 atom stereocenters. The highest BCUT2D eigenvalue weighted by atomic mass is 16.3. The van der Waals surface area contributed by atoms with Crippen LogP contribution in [0.2, 0.25) is 0 Å². The van der Waals surface area contributed by atoms with Crippen molar-refractivity contribution in [3.05, 3.63) is 24.0 Å². The van der Waals surface area contributed by atoms with Gasteiger partial charge in [-0.25, -0.2) is 9.50 Å². The van der Waals surface area contributed by atoms with Gasteiger partial charge in [0.25, 0.3) is 0 Å². The van der Waals surface area contributed by atoms with E-state index in [0.29, 0.717) is 6.54 Å². The number of aliphatic hydroxyl groups is 1. The molecule has 0 radical (unpaired) electrons. The van der Waals surface area contributed by atoms with E-state index < -0.39 is 0 Å². The second-order valence-corrected chi connectivity index (χ2v) is 4.47. The van der Waals surface area contributed by atoms with E-state index in [1.54, 1.807) is 0 Å². The summed E-state index contributed by atoms with van der Waals surface area (Å²) in [5.74, 6) is 0.911. The Bertz CT molecular complexity index is 536. The van der Waals surface area contributed by atoms with Gasteiger partial charge in [-0.1, -0.05) is 6.92 Å². The molecule has 5 heteroatoms. The fourth-order valence-electron chi connectivity index (χ4n) is 2.21. The van der Waals surface area contributed by atoms with Crippen LogP contribution >= 0.6 is 0 Å². The molecule has 0 saturated carbocycles. The zero-order chi connectivity index (χ0) is 11.8. The first-order valence-electron chi connectivity index (χ1n) is 6.04. The van der Waals surface area contributed by atoms with Crippen LogP contribution in [0, 0.1) is 0 Å². The normalized spacial score (nSPS) is 20.4. The van der Waals surface area contributed by atoms with Gasteiger partial charge >= 0.3 is 0 Å². The molecule has 3 heterocycles. The van der Waals surface area contributed by atoms with E-state index in [1.165, 1.54) is 0 Å². The van der Waals surface area contributed by atoms with Gasteiger partial charge in [0.2, 0.25) is 0 Å². The molecule has 0 bridgehead atoms. The number of aromatic nitrogens is 3. The van der Waals surface area contributed by atoms with Crippen LogP contribution < -0.4 is 4.90 Å². The Morgan fingerprint density at radius 3 is 3.06 bits per heavy atom. The van der Waals surface area contributed by atoms with E-state index in [4.69, 9.17) is 0 Å². The molecule has 5 nitrogen and oxygen atoms in total. The molecule has 0 aliphatic carbocycles. The minimum Gasteiger partial charge on any atom is -0.391 e. The summed E-state index contributed by atoms with van der Waals surface area (Å²) in [6, 6.07) is 3.95. The molecule has 0 amide bonds. The van der Waals surface area contributed by atoms with Crippen LogP contribution in [0.1, 0.15) is 19.0 Å². The van der Waals surface area contributed by atoms with E-state index in [9.17, 15) is 5.11 Å². The molecule has 17 heavy (non-hydrogen) atoms. The van der Waals surface area contributed by atoms with Crippen LogP contribution in [0.4, 0.5) is 5.82 Å². The zero-order valence-corrected chi connectivity index (χ0v) is 9.87. The van der Waals surface area contributed by atoms with Gasteiger partial charge in [-0.15, -0.1) is 5.10 Å². The Hall–Kier alpha value is -1.62. The SMILES string of the molecule is CCc1cn2nc(N3CCC(O)C3)ccc2n1. The number of aryl methyl sites for hydroxylation is 1. The number of imidazole rings is 1. The minimum absolute atomic E-state index is 0.221. The van der Waals surface area contributed by atoms with Crippen molar-refractivity contribution in [3.8, 4) is 0 Å². The predicted octanol–water partition coefficient (Wildman–Crippen LogP) is 0.863. The number of nitrogens with zero attached hydrogens (tertiary/aromatic N) is 4. The number of fused-ring (bicyclic) bond motifs is 1. The van der Waals surface area contributed by atoms with Gasteiger partial charge in [0.1, 0.15) is 5.82 Å². The van der Waals surface area contributed by atoms with Crippen molar-refractivity contribution in [2.75, 3.05) is 18.0 Å². The van der Waals surface area contributed by atoms with Crippen molar-refractivity contribution in [1.82, 2.24) is 14.6 Å². The van der Waals surface area contributed by atoms with Crippen LogP contribution in [-0.2, 0) is 6.42 Å². The standard InChI is InChI=1S/C12H16N4O/c1-2-9-7-16-11(13-9)3-4-12(14-16)15-6-5-10(17)8-15/h3-4,7,10,17H,2,5-6,8H2,1H3. The third kappa shape index (κ3) is 1.86. The Morgan fingerprint density at radius 2 is 2.35 bits per heavy atom. The average molecular weight is 232 g/mol. The Kier molecular flexibility index (Phi) is 2.48. The summed E-state index contributed by atoms with van der Waals surface area (Å²) in [6.45, 7) is 3.63. The Balaban J connectivity index is 1.95. The minimum atomic E-state index is -0.221. The second-order valence-electron chi connectivity index (χ2n) is 4.47. The van der Waals surface area contributed by atoms with Crippen molar-refractivity contribution in [1.29, 1.82) is 0 Å². The van der Waals surface area contributed by atoms with Gasteiger partial charge in [0, 0.05) is 13.1 Å². The lowest BCUT2D eigenvalue weighted by Crippen LogP contribution is -2.22. The second kappa shape index (κ2) is 4.00. The fraction of sp³-hybridized carbons (Fsp3) is 0.500. The number of rotatable bonds is 2. The average Bonchev–Trinajstić information content (AvgIpc) is 2.93. The molecule has 1 aliphatic heterocycles. The molecule has 2 aromatic rings. The molecule has 1 saturated heterocycles. The molecule has 90 valence electrons. The molecule has 1 N–H and O–H groups in total. The topological polar surface area (TPSA) is 53.7 Å². The zero-order valence-electron chi connectivity index (χ0n) is 9.87. The first-order valence-corrected chi connectivity index (χ1v) is 6.04. The highest BCUT2D eigenvalue weighted by Crippen LogP contribution is 2.18.